The second-order valence-electron chi connectivity index (χ2n) is 5.24. The van der Waals surface area contributed by atoms with Crippen molar-refractivity contribution in [3.8, 4) is 0 Å². The van der Waals surface area contributed by atoms with Gasteiger partial charge in [0.1, 0.15) is 5.69 Å². The minimum Gasteiger partial charge on any atom is -0.396 e. The monoisotopic (exact) mass is 238 g/mol. The van der Waals surface area contributed by atoms with Gasteiger partial charge in [-0.3, -0.25) is 4.79 Å². The SMILES string of the molecule is Cc1ccc(C(=O)NCC(C)(C)CCO)n1C. The Morgan fingerprint density at radius 2 is 2.12 bits per heavy atom. The summed E-state index contributed by atoms with van der Waals surface area (Å²) in [5.74, 6) is -0.0633. The molecule has 0 aliphatic heterocycles. The molecule has 2 N–H and O–H groups in total. The molecule has 0 fully saturated rings. The number of aliphatic hydroxyl groups is 1. The Bertz CT molecular complexity index is 394. The normalized spacial score (nSPS) is 11.6. The largest absolute Gasteiger partial charge is 0.396 e. The van der Waals surface area contributed by atoms with E-state index in [1.54, 1.807) is 0 Å². The molecule has 0 saturated heterocycles. The molecule has 1 rings (SSSR count). The van der Waals surface area contributed by atoms with Gasteiger partial charge in [-0.1, -0.05) is 13.8 Å². The van der Waals surface area contributed by atoms with Crippen LogP contribution in [0.1, 0.15) is 36.5 Å². The van der Waals surface area contributed by atoms with Crippen molar-refractivity contribution in [2.45, 2.75) is 27.2 Å². The van der Waals surface area contributed by atoms with E-state index in [2.05, 4.69) is 5.32 Å². The molecule has 1 heterocycles. The van der Waals surface area contributed by atoms with Crippen molar-refractivity contribution >= 4 is 5.91 Å². The van der Waals surface area contributed by atoms with E-state index >= 15 is 0 Å². The van der Waals surface area contributed by atoms with Crippen molar-refractivity contribution in [2.24, 2.45) is 12.5 Å². The molecule has 1 aromatic heterocycles. The summed E-state index contributed by atoms with van der Waals surface area (Å²) >= 11 is 0. The second-order valence-corrected chi connectivity index (χ2v) is 5.24. The molecule has 0 spiro atoms. The maximum Gasteiger partial charge on any atom is 0.267 e. The van der Waals surface area contributed by atoms with Gasteiger partial charge in [0.25, 0.3) is 5.91 Å². The third-order valence-electron chi connectivity index (χ3n) is 3.12. The highest BCUT2D eigenvalue weighted by Crippen LogP contribution is 2.18. The number of rotatable bonds is 5. The summed E-state index contributed by atoms with van der Waals surface area (Å²) in [4.78, 5) is 11.9. The molecule has 4 heteroatoms. The zero-order chi connectivity index (χ0) is 13.1. The quantitative estimate of drug-likeness (QED) is 0.816. The highest BCUT2D eigenvalue weighted by molar-refractivity contribution is 5.92. The standard InChI is InChI=1S/C13H22N2O2/c1-10-5-6-11(15(10)4)12(17)14-9-13(2,3)7-8-16/h5-6,16H,7-9H2,1-4H3,(H,14,17). The predicted molar refractivity (Wildman–Crippen MR) is 68.0 cm³/mol. The van der Waals surface area contributed by atoms with Crippen LogP contribution >= 0.6 is 0 Å². The second kappa shape index (κ2) is 5.36. The fraction of sp³-hybridized carbons (Fsp3) is 0.615. The summed E-state index contributed by atoms with van der Waals surface area (Å²) in [7, 11) is 1.88. The highest BCUT2D eigenvalue weighted by atomic mass is 16.3. The van der Waals surface area contributed by atoms with Gasteiger partial charge >= 0.3 is 0 Å². The van der Waals surface area contributed by atoms with E-state index in [1.807, 2.05) is 44.5 Å². The van der Waals surface area contributed by atoms with Gasteiger partial charge in [-0.05, 0) is 30.9 Å². The minimum absolute atomic E-state index is 0.0633. The number of hydrogen-bond acceptors (Lipinski definition) is 2. The lowest BCUT2D eigenvalue weighted by Crippen LogP contribution is -2.35. The summed E-state index contributed by atoms with van der Waals surface area (Å²) in [5.41, 5.74) is 1.65. The van der Waals surface area contributed by atoms with Crippen LogP contribution in [0.4, 0.5) is 0 Å². The molecule has 0 aliphatic carbocycles. The van der Waals surface area contributed by atoms with Crippen LogP contribution < -0.4 is 5.32 Å². The van der Waals surface area contributed by atoms with E-state index in [1.165, 1.54) is 0 Å². The molecular formula is C13H22N2O2. The summed E-state index contributed by atoms with van der Waals surface area (Å²) in [6, 6.07) is 3.75. The first-order valence-corrected chi connectivity index (χ1v) is 5.89. The molecule has 1 aromatic rings. The summed E-state index contributed by atoms with van der Waals surface area (Å²) in [5, 5.41) is 11.8. The van der Waals surface area contributed by atoms with Gasteiger partial charge in [0.2, 0.25) is 0 Å². The first-order chi connectivity index (χ1) is 7.87. The van der Waals surface area contributed by atoms with E-state index in [-0.39, 0.29) is 17.9 Å². The fourth-order valence-electron chi connectivity index (χ4n) is 1.64. The van der Waals surface area contributed by atoms with Crippen molar-refractivity contribution in [1.82, 2.24) is 9.88 Å². The smallest absolute Gasteiger partial charge is 0.267 e. The Labute approximate surface area is 103 Å². The van der Waals surface area contributed by atoms with Crippen LogP contribution in [0.25, 0.3) is 0 Å². The first kappa shape index (κ1) is 13.8. The number of carbonyl (C=O) groups is 1. The van der Waals surface area contributed by atoms with E-state index in [0.29, 0.717) is 18.7 Å². The molecule has 17 heavy (non-hydrogen) atoms. The number of aliphatic hydroxyl groups excluding tert-OH is 1. The van der Waals surface area contributed by atoms with Crippen molar-refractivity contribution in [1.29, 1.82) is 0 Å². The predicted octanol–water partition coefficient (Wildman–Crippen LogP) is 1.47. The minimum atomic E-state index is -0.0788. The summed E-state index contributed by atoms with van der Waals surface area (Å²) in [6.07, 6.45) is 0.680. The van der Waals surface area contributed by atoms with Gasteiger partial charge in [0.15, 0.2) is 0 Å². The molecule has 0 saturated carbocycles. The molecule has 0 unspecified atom stereocenters. The molecular weight excluding hydrogens is 216 g/mol. The third-order valence-corrected chi connectivity index (χ3v) is 3.12. The number of aryl methyl sites for hydroxylation is 1. The molecule has 96 valence electrons. The van der Waals surface area contributed by atoms with Crippen LogP contribution in [-0.4, -0.2) is 28.7 Å². The number of nitrogens with zero attached hydrogens (tertiary/aromatic N) is 1. The molecule has 0 aliphatic rings. The van der Waals surface area contributed by atoms with E-state index in [0.717, 1.165) is 5.69 Å². The molecule has 0 aromatic carbocycles. The zero-order valence-electron chi connectivity index (χ0n) is 11.1. The van der Waals surface area contributed by atoms with Gasteiger partial charge < -0.3 is 15.0 Å². The number of carbonyl (C=O) groups excluding carboxylic acids is 1. The summed E-state index contributed by atoms with van der Waals surface area (Å²) in [6.45, 7) is 6.73. The van der Waals surface area contributed by atoms with E-state index in [9.17, 15) is 4.79 Å². The highest BCUT2D eigenvalue weighted by Gasteiger charge is 2.19. The van der Waals surface area contributed by atoms with Crippen molar-refractivity contribution < 1.29 is 9.90 Å². The lowest BCUT2D eigenvalue weighted by molar-refractivity contribution is 0.0920. The topological polar surface area (TPSA) is 54.3 Å². The van der Waals surface area contributed by atoms with E-state index < -0.39 is 0 Å². The van der Waals surface area contributed by atoms with Crippen LogP contribution in [0.3, 0.4) is 0 Å². The van der Waals surface area contributed by atoms with Gasteiger partial charge in [-0.2, -0.15) is 0 Å². The first-order valence-electron chi connectivity index (χ1n) is 5.89. The molecule has 0 atom stereocenters. The third kappa shape index (κ3) is 3.60. The van der Waals surface area contributed by atoms with Gasteiger partial charge in [-0.15, -0.1) is 0 Å². The van der Waals surface area contributed by atoms with Crippen LogP contribution in [0, 0.1) is 12.3 Å². The average Bonchev–Trinajstić information content (AvgIpc) is 2.57. The number of hydrogen-bond donors (Lipinski definition) is 2. The fourth-order valence-corrected chi connectivity index (χ4v) is 1.64. The van der Waals surface area contributed by atoms with Crippen LogP contribution in [0.2, 0.25) is 0 Å². The Hall–Kier alpha value is -1.29. The van der Waals surface area contributed by atoms with Gasteiger partial charge in [-0.25, -0.2) is 0 Å². The molecule has 4 nitrogen and oxygen atoms in total. The van der Waals surface area contributed by atoms with Gasteiger partial charge in [0, 0.05) is 25.9 Å². The van der Waals surface area contributed by atoms with Crippen molar-refractivity contribution in [3.05, 3.63) is 23.5 Å². The number of aromatic nitrogens is 1. The Balaban J connectivity index is 2.59. The Morgan fingerprint density at radius 1 is 1.47 bits per heavy atom. The molecule has 0 bridgehead atoms. The van der Waals surface area contributed by atoms with Crippen molar-refractivity contribution in [2.75, 3.05) is 13.2 Å². The van der Waals surface area contributed by atoms with Gasteiger partial charge in [0.05, 0.1) is 0 Å². The zero-order valence-corrected chi connectivity index (χ0v) is 11.1. The lowest BCUT2D eigenvalue weighted by Gasteiger charge is -2.23. The van der Waals surface area contributed by atoms with Crippen LogP contribution in [-0.2, 0) is 7.05 Å². The number of amides is 1. The Morgan fingerprint density at radius 3 is 2.59 bits per heavy atom. The maximum absolute atomic E-state index is 11.9. The average molecular weight is 238 g/mol. The Kier molecular flexibility index (Phi) is 4.34. The molecule has 0 radical (unpaired) electrons. The van der Waals surface area contributed by atoms with E-state index in [4.69, 9.17) is 5.11 Å². The molecule has 1 amide bonds. The lowest BCUT2D eigenvalue weighted by atomic mass is 9.90. The van der Waals surface area contributed by atoms with Crippen LogP contribution in [0.15, 0.2) is 12.1 Å². The van der Waals surface area contributed by atoms with Crippen LogP contribution in [0.5, 0.6) is 0 Å². The van der Waals surface area contributed by atoms with Crippen molar-refractivity contribution in [3.63, 3.8) is 0 Å². The number of nitrogens with one attached hydrogen (secondary N) is 1. The maximum atomic E-state index is 11.9. The summed E-state index contributed by atoms with van der Waals surface area (Å²) < 4.78 is 1.87.